The Hall–Kier alpha value is -1.07. The SMILES string of the molecule is COC(=O)NC(C)(CO)CCc1cccs1. The van der Waals surface area contributed by atoms with Gasteiger partial charge in [-0.25, -0.2) is 4.79 Å². The number of methoxy groups -OCH3 is 1. The van der Waals surface area contributed by atoms with Gasteiger partial charge >= 0.3 is 6.09 Å². The number of aryl methyl sites for hydroxylation is 1. The minimum absolute atomic E-state index is 0.104. The van der Waals surface area contributed by atoms with Crippen LogP contribution in [0.25, 0.3) is 0 Å². The van der Waals surface area contributed by atoms with Crippen LogP contribution in [-0.4, -0.2) is 30.5 Å². The van der Waals surface area contributed by atoms with Crippen molar-refractivity contribution in [2.24, 2.45) is 0 Å². The Morgan fingerprint density at radius 3 is 2.94 bits per heavy atom. The molecular formula is C11H17NO3S. The molecule has 4 nitrogen and oxygen atoms in total. The van der Waals surface area contributed by atoms with Crippen molar-refractivity contribution in [1.29, 1.82) is 0 Å². The van der Waals surface area contributed by atoms with Gasteiger partial charge in [-0.15, -0.1) is 11.3 Å². The zero-order valence-corrected chi connectivity index (χ0v) is 10.3. The van der Waals surface area contributed by atoms with E-state index in [1.54, 1.807) is 18.3 Å². The lowest BCUT2D eigenvalue weighted by Crippen LogP contribution is -2.49. The topological polar surface area (TPSA) is 58.6 Å². The van der Waals surface area contributed by atoms with Crippen molar-refractivity contribution in [3.63, 3.8) is 0 Å². The second-order valence-electron chi connectivity index (χ2n) is 3.91. The van der Waals surface area contributed by atoms with E-state index in [0.717, 1.165) is 6.42 Å². The molecule has 90 valence electrons. The molecule has 1 atom stereocenters. The summed E-state index contributed by atoms with van der Waals surface area (Å²) in [6.45, 7) is 1.70. The predicted octanol–water partition coefficient (Wildman–Crippen LogP) is 1.79. The van der Waals surface area contributed by atoms with Crippen LogP contribution in [0.5, 0.6) is 0 Å². The molecule has 0 aliphatic carbocycles. The molecule has 1 aromatic heterocycles. The van der Waals surface area contributed by atoms with E-state index in [0.29, 0.717) is 6.42 Å². The van der Waals surface area contributed by atoms with E-state index >= 15 is 0 Å². The van der Waals surface area contributed by atoms with Gasteiger partial charge < -0.3 is 15.2 Å². The van der Waals surface area contributed by atoms with E-state index in [4.69, 9.17) is 0 Å². The Balaban J connectivity index is 2.49. The molecule has 16 heavy (non-hydrogen) atoms. The fraction of sp³-hybridized carbons (Fsp3) is 0.545. The summed E-state index contributed by atoms with van der Waals surface area (Å²) in [6.07, 6.45) is 1.00. The standard InChI is InChI=1S/C11H17NO3S/c1-11(8-13,12-10(14)15-2)6-5-9-4-3-7-16-9/h3-4,7,13H,5-6,8H2,1-2H3,(H,12,14). The molecular weight excluding hydrogens is 226 g/mol. The molecule has 2 N–H and O–H groups in total. The third-order valence-electron chi connectivity index (χ3n) is 2.44. The van der Waals surface area contributed by atoms with E-state index in [1.165, 1.54) is 12.0 Å². The molecule has 0 aromatic carbocycles. The molecule has 1 unspecified atom stereocenters. The molecule has 1 heterocycles. The first kappa shape index (κ1) is 13.0. The van der Waals surface area contributed by atoms with Crippen LogP contribution in [0.3, 0.4) is 0 Å². The van der Waals surface area contributed by atoms with E-state index in [2.05, 4.69) is 10.1 Å². The normalized spacial score (nSPS) is 14.2. The number of amides is 1. The highest BCUT2D eigenvalue weighted by Crippen LogP contribution is 2.17. The fourth-order valence-electron chi connectivity index (χ4n) is 1.33. The zero-order chi connectivity index (χ0) is 12.0. The second kappa shape index (κ2) is 5.86. The van der Waals surface area contributed by atoms with Crippen molar-refractivity contribution >= 4 is 17.4 Å². The molecule has 0 fully saturated rings. The summed E-state index contributed by atoms with van der Waals surface area (Å²) in [5.74, 6) is 0. The van der Waals surface area contributed by atoms with Crippen LogP contribution in [0.15, 0.2) is 17.5 Å². The molecule has 0 bridgehead atoms. The predicted molar refractivity (Wildman–Crippen MR) is 63.7 cm³/mol. The average molecular weight is 243 g/mol. The third-order valence-corrected chi connectivity index (χ3v) is 3.38. The molecule has 0 aliphatic rings. The smallest absolute Gasteiger partial charge is 0.407 e. The van der Waals surface area contributed by atoms with Crippen LogP contribution in [0.4, 0.5) is 4.79 Å². The second-order valence-corrected chi connectivity index (χ2v) is 4.95. The Bertz CT molecular complexity index is 326. The summed E-state index contributed by atoms with van der Waals surface area (Å²) >= 11 is 1.67. The lowest BCUT2D eigenvalue weighted by Gasteiger charge is -2.27. The fourth-order valence-corrected chi connectivity index (χ4v) is 2.04. The number of hydrogen-bond donors (Lipinski definition) is 2. The number of rotatable bonds is 5. The van der Waals surface area contributed by atoms with Crippen molar-refractivity contribution in [2.45, 2.75) is 25.3 Å². The van der Waals surface area contributed by atoms with Crippen molar-refractivity contribution in [2.75, 3.05) is 13.7 Å². The number of nitrogens with one attached hydrogen (secondary N) is 1. The lowest BCUT2D eigenvalue weighted by atomic mass is 9.96. The monoisotopic (exact) mass is 243 g/mol. The Morgan fingerprint density at radius 1 is 1.69 bits per heavy atom. The summed E-state index contributed by atoms with van der Waals surface area (Å²) in [4.78, 5) is 12.3. The Labute approximate surface area is 99.2 Å². The minimum atomic E-state index is -0.628. The molecule has 1 rings (SSSR count). The molecule has 5 heteroatoms. The van der Waals surface area contributed by atoms with Crippen LogP contribution in [0.2, 0.25) is 0 Å². The molecule has 0 aliphatic heterocycles. The molecule has 0 radical (unpaired) electrons. The number of carbonyl (C=O) groups excluding carboxylic acids is 1. The van der Waals surface area contributed by atoms with Gasteiger partial charge in [-0.2, -0.15) is 0 Å². The molecule has 1 amide bonds. The van der Waals surface area contributed by atoms with Crippen molar-refractivity contribution in [3.8, 4) is 0 Å². The van der Waals surface area contributed by atoms with Gasteiger partial charge in [0.25, 0.3) is 0 Å². The van der Waals surface area contributed by atoms with Crippen molar-refractivity contribution < 1.29 is 14.6 Å². The van der Waals surface area contributed by atoms with E-state index in [9.17, 15) is 9.90 Å². The van der Waals surface area contributed by atoms with E-state index < -0.39 is 11.6 Å². The maximum absolute atomic E-state index is 11.1. The van der Waals surface area contributed by atoms with Gasteiger partial charge in [-0.05, 0) is 31.2 Å². The van der Waals surface area contributed by atoms with Gasteiger partial charge in [-0.3, -0.25) is 0 Å². The van der Waals surface area contributed by atoms with Gasteiger partial charge in [-0.1, -0.05) is 6.07 Å². The number of aliphatic hydroxyl groups excluding tert-OH is 1. The van der Waals surface area contributed by atoms with Gasteiger partial charge in [0.05, 0.1) is 19.3 Å². The minimum Gasteiger partial charge on any atom is -0.453 e. The molecule has 0 saturated heterocycles. The van der Waals surface area contributed by atoms with Gasteiger partial charge in [0.1, 0.15) is 0 Å². The highest BCUT2D eigenvalue weighted by atomic mass is 32.1. The maximum Gasteiger partial charge on any atom is 0.407 e. The number of ether oxygens (including phenoxy) is 1. The number of alkyl carbamates (subject to hydrolysis) is 1. The summed E-state index contributed by atoms with van der Waals surface area (Å²) in [5, 5.41) is 14.0. The van der Waals surface area contributed by atoms with Crippen LogP contribution in [-0.2, 0) is 11.2 Å². The highest BCUT2D eigenvalue weighted by molar-refractivity contribution is 7.09. The summed E-state index contributed by atoms with van der Waals surface area (Å²) < 4.78 is 4.53. The zero-order valence-electron chi connectivity index (χ0n) is 9.53. The Kier molecular flexibility index (Phi) is 4.76. The number of aliphatic hydroxyl groups is 1. The third kappa shape index (κ3) is 3.83. The maximum atomic E-state index is 11.1. The van der Waals surface area contributed by atoms with Crippen LogP contribution >= 0.6 is 11.3 Å². The highest BCUT2D eigenvalue weighted by Gasteiger charge is 2.25. The van der Waals surface area contributed by atoms with Gasteiger partial charge in [0.2, 0.25) is 0 Å². The summed E-state index contributed by atoms with van der Waals surface area (Å²) in [5.41, 5.74) is -0.628. The van der Waals surface area contributed by atoms with Crippen molar-refractivity contribution in [3.05, 3.63) is 22.4 Å². The first-order valence-electron chi connectivity index (χ1n) is 5.09. The van der Waals surface area contributed by atoms with E-state index in [-0.39, 0.29) is 6.61 Å². The number of thiophene rings is 1. The van der Waals surface area contributed by atoms with E-state index in [1.807, 2.05) is 17.5 Å². The molecule has 0 spiro atoms. The van der Waals surface area contributed by atoms with Crippen LogP contribution < -0.4 is 5.32 Å². The number of hydrogen-bond acceptors (Lipinski definition) is 4. The van der Waals surface area contributed by atoms with Crippen molar-refractivity contribution in [1.82, 2.24) is 5.32 Å². The lowest BCUT2D eigenvalue weighted by molar-refractivity contribution is 0.128. The first-order chi connectivity index (χ1) is 7.59. The van der Waals surface area contributed by atoms with Gasteiger partial charge in [0.15, 0.2) is 0 Å². The average Bonchev–Trinajstić information content (AvgIpc) is 2.79. The summed E-state index contributed by atoms with van der Waals surface area (Å²) in [6, 6.07) is 4.03. The molecule has 1 aromatic rings. The largest absolute Gasteiger partial charge is 0.453 e. The number of carbonyl (C=O) groups is 1. The van der Waals surface area contributed by atoms with Gasteiger partial charge in [0, 0.05) is 4.88 Å². The van der Waals surface area contributed by atoms with Crippen LogP contribution in [0.1, 0.15) is 18.2 Å². The van der Waals surface area contributed by atoms with Crippen LogP contribution in [0, 0.1) is 0 Å². The quantitative estimate of drug-likeness (QED) is 0.829. The Morgan fingerprint density at radius 2 is 2.44 bits per heavy atom. The summed E-state index contributed by atoms with van der Waals surface area (Å²) in [7, 11) is 1.31. The first-order valence-corrected chi connectivity index (χ1v) is 5.97. The molecule has 0 saturated carbocycles.